The number of halogens is 3. The van der Waals surface area contributed by atoms with Gasteiger partial charge in [-0.3, -0.25) is 0 Å². The van der Waals surface area contributed by atoms with Gasteiger partial charge in [-0.05, 0) is 23.2 Å². The smallest absolute Gasteiger partial charge is 0.488 e. The highest BCUT2D eigenvalue weighted by Crippen LogP contribution is 2.16. The molecular weight excluding hydrogens is 272 g/mol. The normalized spacial score (nSPS) is 10.4. The van der Waals surface area contributed by atoms with Gasteiger partial charge >= 0.3 is 7.12 Å². The van der Waals surface area contributed by atoms with E-state index in [1.54, 1.807) is 0 Å². The van der Waals surface area contributed by atoms with E-state index in [0.29, 0.717) is 11.6 Å². The van der Waals surface area contributed by atoms with Crippen LogP contribution in [0.25, 0.3) is 0 Å². The van der Waals surface area contributed by atoms with Gasteiger partial charge in [-0.25, -0.2) is 13.2 Å². The van der Waals surface area contributed by atoms with Gasteiger partial charge in [-0.1, -0.05) is 6.07 Å². The van der Waals surface area contributed by atoms with E-state index in [2.05, 4.69) is 0 Å². The van der Waals surface area contributed by atoms with E-state index in [1.165, 1.54) is 6.07 Å². The number of rotatable bonds is 4. The molecule has 104 valence electrons. The van der Waals surface area contributed by atoms with E-state index in [0.717, 1.165) is 24.3 Å². The van der Waals surface area contributed by atoms with Crippen LogP contribution in [0.3, 0.4) is 0 Å². The van der Waals surface area contributed by atoms with E-state index in [4.69, 9.17) is 14.8 Å². The van der Waals surface area contributed by atoms with Crippen molar-refractivity contribution in [2.75, 3.05) is 0 Å². The Balaban J connectivity index is 2.18. The van der Waals surface area contributed by atoms with Gasteiger partial charge < -0.3 is 14.8 Å². The molecule has 0 aliphatic rings. The van der Waals surface area contributed by atoms with Gasteiger partial charge in [-0.2, -0.15) is 0 Å². The zero-order chi connectivity index (χ0) is 14.7. The van der Waals surface area contributed by atoms with Crippen LogP contribution in [-0.2, 0) is 6.61 Å². The Morgan fingerprint density at radius 1 is 0.900 bits per heavy atom. The number of hydrogen-bond donors (Lipinski definition) is 2. The predicted molar refractivity (Wildman–Crippen MR) is 66.9 cm³/mol. The van der Waals surface area contributed by atoms with Crippen LogP contribution in [0.4, 0.5) is 13.2 Å². The van der Waals surface area contributed by atoms with Gasteiger partial charge in [0, 0.05) is 18.2 Å². The Bertz CT molecular complexity index is 600. The zero-order valence-electron chi connectivity index (χ0n) is 10.2. The average Bonchev–Trinajstić information content (AvgIpc) is 2.36. The molecule has 0 fully saturated rings. The molecule has 7 heteroatoms. The molecule has 0 unspecified atom stereocenters. The van der Waals surface area contributed by atoms with E-state index in [9.17, 15) is 13.2 Å². The molecule has 0 saturated heterocycles. The van der Waals surface area contributed by atoms with Crippen molar-refractivity contribution in [1.29, 1.82) is 0 Å². The molecule has 3 nitrogen and oxygen atoms in total. The van der Waals surface area contributed by atoms with Gasteiger partial charge in [0.15, 0.2) is 0 Å². The molecule has 2 aromatic carbocycles. The standard InChI is InChI=1S/C13H10BF3O3/c15-9-2-1-8(13(6-9)14(18)19)7-20-12-4-10(16)3-11(17)5-12/h1-6,18-19H,7H2. The molecular formula is C13H10BF3O3. The molecule has 0 aliphatic heterocycles. The molecule has 0 atom stereocenters. The van der Waals surface area contributed by atoms with Gasteiger partial charge in [0.05, 0.1) is 0 Å². The lowest BCUT2D eigenvalue weighted by molar-refractivity contribution is 0.302. The molecule has 2 rings (SSSR count). The number of ether oxygens (including phenoxy) is 1. The summed E-state index contributed by atoms with van der Waals surface area (Å²) in [6.07, 6.45) is 0. The summed E-state index contributed by atoms with van der Waals surface area (Å²) in [5, 5.41) is 18.3. The first-order valence-electron chi connectivity index (χ1n) is 5.69. The van der Waals surface area contributed by atoms with Crippen LogP contribution in [-0.4, -0.2) is 17.2 Å². The summed E-state index contributed by atoms with van der Waals surface area (Å²) < 4.78 is 44.1. The van der Waals surface area contributed by atoms with E-state index in [-0.39, 0.29) is 17.8 Å². The van der Waals surface area contributed by atoms with E-state index < -0.39 is 24.6 Å². The average molecular weight is 282 g/mol. The first-order valence-corrected chi connectivity index (χ1v) is 5.69. The molecule has 2 aromatic rings. The fourth-order valence-corrected chi connectivity index (χ4v) is 1.71. The van der Waals surface area contributed by atoms with Crippen molar-refractivity contribution < 1.29 is 28.0 Å². The van der Waals surface area contributed by atoms with Crippen molar-refractivity contribution in [3.63, 3.8) is 0 Å². The number of benzene rings is 2. The van der Waals surface area contributed by atoms with Crippen LogP contribution in [0.1, 0.15) is 5.56 Å². The lowest BCUT2D eigenvalue weighted by Crippen LogP contribution is -2.34. The van der Waals surface area contributed by atoms with Crippen LogP contribution >= 0.6 is 0 Å². The minimum absolute atomic E-state index is 0.0507. The highest BCUT2D eigenvalue weighted by atomic mass is 19.1. The maximum Gasteiger partial charge on any atom is 0.488 e. The molecule has 0 aromatic heterocycles. The second kappa shape index (κ2) is 5.98. The first-order chi connectivity index (χ1) is 9.45. The molecule has 0 bridgehead atoms. The Morgan fingerprint density at radius 2 is 1.55 bits per heavy atom. The summed E-state index contributed by atoms with van der Waals surface area (Å²) in [4.78, 5) is 0. The quantitative estimate of drug-likeness (QED) is 0.832. The molecule has 0 saturated carbocycles. The Kier molecular flexibility index (Phi) is 4.31. The summed E-state index contributed by atoms with van der Waals surface area (Å²) in [6.45, 7) is -0.184. The van der Waals surface area contributed by atoms with Gasteiger partial charge in [0.1, 0.15) is 29.8 Å². The van der Waals surface area contributed by atoms with Crippen LogP contribution in [0, 0.1) is 17.5 Å². The molecule has 20 heavy (non-hydrogen) atoms. The Morgan fingerprint density at radius 3 is 2.15 bits per heavy atom. The molecule has 2 N–H and O–H groups in total. The monoisotopic (exact) mass is 282 g/mol. The van der Waals surface area contributed by atoms with Crippen LogP contribution in [0.15, 0.2) is 36.4 Å². The summed E-state index contributed by atoms with van der Waals surface area (Å²) >= 11 is 0. The molecule has 0 radical (unpaired) electrons. The lowest BCUT2D eigenvalue weighted by Gasteiger charge is -2.11. The van der Waals surface area contributed by atoms with Gasteiger partial charge in [0.25, 0.3) is 0 Å². The van der Waals surface area contributed by atoms with Gasteiger partial charge in [-0.15, -0.1) is 0 Å². The van der Waals surface area contributed by atoms with Crippen molar-refractivity contribution in [1.82, 2.24) is 0 Å². The summed E-state index contributed by atoms with van der Waals surface area (Å²) in [5.74, 6) is -2.26. The highest BCUT2D eigenvalue weighted by Gasteiger charge is 2.17. The fourth-order valence-electron chi connectivity index (χ4n) is 1.71. The van der Waals surface area contributed by atoms with Crippen molar-refractivity contribution in [2.24, 2.45) is 0 Å². The van der Waals surface area contributed by atoms with Crippen molar-refractivity contribution in [3.8, 4) is 5.75 Å². The molecule has 0 spiro atoms. The molecule has 0 aliphatic carbocycles. The molecule has 0 amide bonds. The Labute approximate surface area is 113 Å². The third-order valence-corrected chi connectivity index (χ3v) is 2.62. The predicted octanol–water partition coefficient (Wildman–Crippen LogP) is 1.36. The fraction of sp³-hybridized carbons (Fsp3) is 0.0769. The third kappa shape index (κ3) is 3.52. The largest absolute Gasteiger partial charge is 0.489 e. The van der Waals surface area contributed by atoms with Gasteiger partial charge in [0.2, 0.25) is 0 Å². The maximum absolute atomic E-state index is 13.0. The van der Waals surface area contributed by atoms with Crippen LogP contribution < -0.4 is 10.2 Å². The lowest BCUT2D eigenvalue weighted by atomic mass is 9.77. The van der Waals surface area contributed by atoms with Crippen LogP contribution in [0.5, 0.6) is 5.75 Å². The third-order valence-electron chi connectivity index (χ3n) is 2.62. The van der Waals surface area contributed by atoms with Crippen LogP contribution in [0.2, 0.25) is 0 Å². The van der Waals surface area contributed by atoms with Crippen molar-refractivity contribution in [3.05, 3.63) is 59.4 Å². The first kappa shape index (κ1) is 14.4. The SMILES string of the molecule is OB(O)c1cc(F)ccc1COc1cc(F)cc(F)c1. The zero-order valence-corrected chi connectivity index (χ0v) is 10.2. The van der Waals surface area contributed by atoms with Crippen molar-refractivity contribution in [2.45, 2.75) is 6.61 Å². The summed E-state index contributed by atoms with van der Waals surface area (Å²) in [7, 11) is -1.87. The van der Waals surface area contributed by atoms with E-state index >= 15 is 0 Å². The highest BCUT2D eigenvalue weighted by molar-refractivity contribution is 6.59. The summed E-state index contributed by atoms with van der Waals surface area (Å²) in [6, 6.07) is 6.06. The Hall–Kier alpha value is -1.99. The summed E-state index contributed by atoms with van der Waals surface area (Å²) in [5.41, 5.74) is 0.230. The number of hydrogen-bond acceptors (Lipinski definition) is 3. The topological polar surface area (TPSA) is 49.7 Å². The minimum Gasteiger partial charge on any atom is -0.489 e. The minimum atomic E-state index is -1.87. The second-order valence-electron chi connectivity index (χ2n) is 4.11. The second-order valence-corrected chi connectivity index (χ2v) is 4.11. The van der Waals surface area contributed by atoms with E-state index in [1.807, 2.05) is 0 Å². The molecule has 0 heterocycles. The van der Waals surface area contributed by atoms with Crippen molar-refractivity contribution >= 4 is 12.6 Å². The maximum atomic E-state index is 13.0.